The van der Waals surface area contributed by atoms with Gasteiger partial charge >= 0.3 is 11.3 Å². The number of hydrogen-bond acceptors (Lipinski definition) is 7. The minimum absolute atomic E-state index is 0.210. The van der Waals surface area contributed by atoms with Gasteiger partial charge in [-0.05, 0) is 50.4 Å². The standard InChI is InChI=1S/C26H40N4O5S2/c1-16(2)12-19(23(32)29-18(22(31)28-6)13-17-10-8-7-9-11-17)36-20-14-30(24(27)33)15-21(20)37-25(34)35-26(3,4)5/h7-11,16,18-21H,12-15H2,1-6H3,(H2,27,33)(H,28,31)(H,29,32)/t18-,19+,20+,21-/m0/s1. The number of primary amides is 1. The van der Waals surface area contributed by atoms with Gasteiger partial charge in [-0.2, -0.15) is 0 Å². The van der Waals surface area contributed by atoms with Crippen LogP contribution < -0.4 is 16.4 Å². The molecular weight excluding hydrogens is 512 g/mol. The first-order chi connectivity index (χ1) is 17.3. The number of benzene rings is 1. The van der Waals surface area contributed by atoms with Crippen molar-refractivity contribution in [2.24, 2.45) is 11.7 Å². The number of ether oxygens (including phenoxy) is 1. The summed E-state index contributed by atoms with van der Waals surface area (Å²) < 4.78 is 5.46. The molecule has 0 saturated carbocycles. The van der Waals surface area contributed by atoms with Crippen LogP contribution in [0, 0.1) is 5.92 Å². The number of hydrogen-bond donors (Lipinski definition) is 3. The second-order valence-electron chi connectivity index (χ2n) is 10.5. The number of nitrogens with one attached hydrogen (secondary N) is 2. The van der Waals surface area contributed by atoms with Gasteiger partial charge in [0.25, 0.3) is 0 Å². The maximum absolute atomic E-state index is 13.5. The summed E-state index contributed by atoms with van der Waals surface area (Å²) in [4.78, 5) is 52.1. The van der Waals surface area contributed by atoms with E-state index >= 15 is 0 Å². The van der Waals surface area contributed by atoms with Crippen LogP contribution in [0.2, 0.25) is 0 Å². The van der Waals surface area contributed by atoms with Gasteiger partial charge in [-0.1, -0.05) is 44.2 Å². The van der Waals surface area contributed by atoms with Crippen molar-refractivity contribution in [3.8, 4) is 0 Å². The number of likely N-dealkylation sites (N-methyl/N-ethyl adjacent to an activating group) is 1. The van der Waals surface area contributed by atoms with Gasteiger partial charge in [0.05, 0.1) is 5.25 Å². The number of likely N-dealkylation sites (tertiary alicyclic amines) is 1. The van der Waals surface area contributed by atoms with Crippen LogP contribution in [0.3, 0.4) is 0 Å². The molecule has 0 aliphatic carbocycles. The molecule has 4 amide bonds. The number of rotatable bonds is 10. The van der Waals surface area contributed by atoms with Crippen LogP contribution in [-0.2, 0) is 20.7 Å². The summed E-state index contributed by atoms with van der Waals surface area (Å²) in [6.45, 7) is 10.1. The third kappa shape index (κ3) is 10.5. The Labute approximate surface area is 228 Å². The molecule has 206 valence electrons. The molecule has 0 bridgehead atoms. The Morgan fingerprint density at radius 1 is 1.08 bits per heavy atom. The predicted molar refractivity (Wildman–Crippen MR) is 150 cm³/mol. The van der Waals surface area contributed by atoms with E-state index in [0.717, 1.165) is 17.3 Å². The zero-order chi connectivity index (χ0) is 27.8. The van der Waals surface area contributed by atoms with Gasteiger partial charge in [-0.25, -0.2) is 9.59 Å². The van der Waals surface area contributed by atoms with Crippen molar-refractivity contribution in [2.45, 2.75) is 74.9 Å². The Morgan fingerprint density at radius 2 is 1.70 bits per heavy atom. The number of urea groups is 1. The largest absolute Gasteiger partial charge is 0.452 e. The molecule has 1 heterocycles. The lowest BCUT2D eigenvalue weighted by molar-refractivity contribution is -0.128. The van der Waals surface area contributed by atoms with Gasteiger partial charge in [-0.3, -0.25) is 9.59 Å². The molecular formula is C26H40N4O5S2. The monoisotopic (exact) mass is 552 g/mol. The maximum Gasteiger partial charge on any atom is 0.368 e. The summed E-state index contributed by atoms with van der Waals surface area (Å²) in [6, 6.07) is 8.22. The average Bonchev–Trinajstić information content (AvgIpc) is 3.19. The minimum atomic E-state index is -0.729. The molecule has 1 aromatic carbocycles. The minimum Gasteiger partial charge on any atom is -0.452 e. The number of amides is 4. The van der Waals surface area contributed by atoms with E-state index in [2.05, 4.69) is 10.6 Å². The molecule has 0 aromatic heterocycles. The lowest BCUT2D eigenvalue weighted by Crippen LogP contribution is -2.50. The molecule has 2 rings (SSSR count). The quantitative estimate of drug-likeness (QED) is 0.379. The molecule has 1 aliphatic heterocycles. The summed E-state index contributed by atoms with van der Waals surface area (Å²) in [7, 11) is 1.54. The van der Waals surface area contributed by atoms with Crippen LogP contribution >= 0.6 is 23.5 Å². The highest BCUT2D eigenvalue weighted by Crippen LogP contribution is 2.37. The fourth-order valence-corrected chi connectivity index (χ4v) is 6.96. The zero-order valence-electron chi connectivity index (χ0n) is 22.5. The topological polar surface area (TPSA) is 131 Å². The molecule has 37 heavy (non-hydrogen) atoms. The zero-order valence-corrected chi connectivity index (χ0v) is 24.1. The number of carbonyl (C=O) groups is 4. The normalized spacial score (nSPS) is 19.3. The summed E-state index contributed by atoms with van der Waals surface area (Å²) in [5, 5.41) is 4.16. The molecule has 0 unspecified atom stereocenters. The van der Waals surface area contributed by atoms with Crippen molar-refractivity contribution in [1.29, 1.82) is 0 Å². The first kappa shape index (κ1) is 30.8. The number of nitrogens with two attached hydrogens (primary N) is 1. The average molecular weight is 553 g/mol. The predicted octanol–water partition coefficient (Wildman–Crippen LogP) is 3.41. The number of carbonyl (C=O) groups excluding carboxylic acids is 4. The van der Waals surface area contributed by atoms with Crippen LogP contribution in [0.15, 0.2) is 30.3 Å². The Bertz CT molecular complexity index is 939. The van der Waals surface area contributed by atoms with Crippen LogP contribution in [0.5, 0.6) is 0 Å². The lowest BCUT2D eigenvalue weighted by atomic mass is 10.0. The van der Waals surface area contributed by atoms with E-state index in [1.807, 2.05) is 44.2 Å². The Morgan fingerprint density at radius 3 is 2.24 bits per heavy atom. The molecule has 4 atom stereocenters. The fourth-order valence-electron chi connectivity index (χ4n) is 3.93. The van der Waals surface area contributed by atoms with Crippen molar-refractivity contribution < 1.29 is 23.9 Å². The lowest BCUT2D eigenvalue weighted by Gasteiger charge is -2.27. The second kappa shape index (κ2) is 13.9. The Hall–Kier alpha value is -2.40. The molecule has 1 saturated heterocycles. The van der Waals surface area contributed by atoms with Crippen LogP contribution in [0.25, 0.3) is 0 Å². The molecule has 1 aliphatic rings. The molecule has 4 N–H and O–H groups in total. The smallest absolute Gasteiger partial charge is 0.368 e. The van der Waals surface area contributed by atoms with Crippen molar-refractivity contribution in [3.63, 3.8) is 0 Å². The van der Waals surface area contributed by atoms with Crippen molar-refractivity contribution >= 4 is 46.7 Å². The van der Waals surface area contributed by atoms with Crippen molar-refractivity contribution in [1.82, 2.24) is 15.5 Å². The van der Waals surface area contributed by atoms with Gasteiger partial charge < -0.3 is 26.0 Å². The van der Waals surface area contributed by atoms with Crippen molar-refractivity contribution in [3.05, 3.63) is 35.9 Å². The third-order valence-electron chi connectivity index (χ3n) is 5.64. The Balaban J connectivity index is 2.19. The first-order valence-electron chi connectivity index (χ1n) is 12.4. The summed E-state index contributed by atoms with van der Waals surface area (Å²) in [5.41, 5.74) is 5.84. The molecule has 0 radical (unpaired) electrons. The van der Waals surface area contributed by atoms with Crippen LogP contribution in [-0.4, -0.2) is 75.6 Å². The number of nitrogens with zero attached hydrogens (tertiary/aromatic N) is 1. The van der Waals surface area contributed by atoms with Gasteiger partial charge in [0, 0.05) is 37.1 Å². The molecule has 9 nitrogen and oxygen atoms in total. The number of thioether (sulfide) groups is 2. The summed E-state index contributed by atoms with van der Waals surface area (Å²) in [5.74, 6) is -0.312. The van der Waals surface area contributed by atoms with E-state index in [-0.39, 0.29) is 28.2 Å². The summed E-state index contributed by atoms with van der Waals surface area (Å²) >= 11 is 2.46. The maximum atomic E-state index is 13.5. The SMILES string of the molecule is CNC(=O)[C@H](Cc1ccccc1)NC(=O)[C@@H](CC(C)C)S[C@@H]1CN(C(N)=O)C[C@@H]1SC(=O)OC(C)(C)C. The molecule has 1 aromatic rings. The van der Waals surface area contributed by atoms with E-state index in [1.54, 1.807) is 27.8 Å². The van der Waals surface area contributed by atoms with Crippen LogP contribution in [0.4, 0.5) is 9.59 Å². The van der Waals surface area contributed by atoms with Gasteiger partial charge in [0.15, 0.2) is 0 Å². The van der Waals surface area contributed by atoms with Crippen LogP contribution in [0.1, 0.15) is 46.6 Å². The molecule has 11 heteroatoms. The first-order valence-corrected chi connectivity index (χ1v) is 14.3. The highest BCUT2D eigenvalue weighted by molar-refractivity contribution is 8.14. The van der Waals surface area contributed by atoms with E-state index < -0.39 is 28.2 Å². The molecule has 0 spiro atoms. The van der Waals surface area contributed by atoms with Crippen molar-refractivity contribution in [2.75, 3.05) is 20.1 Å². The van der Waals surface area contributed by atoms with E-state index in [0.29, 0.717) is 25.9 Å². The van der Waals surface area contributed by atoms with E-state index in [1.165, 1.54) is 16.7 Å². The molecule has 1 fully saturated rings. The summed E-state index contributed by atoms with van der Waals surface area (Å²) in [6.07, 6.45) is 0.931. The van der Waals surface area contributed by atoms with E-state index in [4.69, 9.17) is 10.5 Å². The highest BCUT2D eigenvalue weighted by Gasteiger charge is 2.40. The Kier molecular flexibility index (Phi) is 11.6. The highest BCUT2D eigenvalue weighted by atomic mass is 32.2. The van der Waals surface area contributed by atoms with Gasteiger partial charge in [0.2, 0.25) is 11.8 Å². The fraction of sp³-hybridized carbons (Fsp3) is 0.615. The van der Waals surface area contributed by atoms with Gasteiger partial charge in [0.1, 0.15) is 11.6 Å². The van der Waals surface area contributed by atoms with Gasteiger partial charge in [-0.15, -0.1) is 11.8 Å². The van der Waals surface area contributed by atoms with E-state index in [9.17, 15) is 19.2 Å². The second-order valence-corrected chi connectivity index (χ2v) is 13.1. The third-order valence-corrected chi connectivity index (χ3v) is 8.43.